The summed E-state index contributed by atoms with van der Waals surface area (Å²) in [6.45, 7) is 0.734. The Hall–Kier alpha value is -1.58. The van der Waals surface area contributed by atoms with Crippen LogP contribution in [-0.2, 0) is 0 Å². The molecule has 0 saturated heterocycles. The topological polar surface area (TPSA) is 68.0 Å². The quantitative estimate of drug-likeness (QED) is 0.776. The highest BCUT2D eigenvalue weighted by molar-refractivity contribution is 5.98. The van der Waals surface area contributed by atoms with E-state index in [1.165, 1.54) is 12.8 Å². The van der Waals surface area contributed by atoms with E-state index < -0.39 is 0 Å². The third-order valence-corrected chi connectivity index (χ3v) is 2.62. The van der Waals surface area contributed by atoms with E-state index >= 15 is 0 Å². The number of carbonyl (C=O) groups is 1. The molecule has 0 aliphatic heterocycles. The van der Waals surface area contributed by atoms with Gasteiger partial charge in [-0.25, -0.2) is 4.98 Å². The van der Waals surface area contributed by atoms with Gasteiger partial charge in [-0.3, -0.25) is 4.79 Å². The van der Waals surface area contributed by atoms with E-state index in [0.717, 1.165) is 18.9 Å². The van der Waals surface area contributed by atoms with Gasteiger partial charge < -0.3 is 11.1 Å². The number of anilines is 1. The van der Waals surface area contributed by atoms with Gasteiger partial charge in [-0.05, 0) is 24.5 Å². The highest BCUT2D eigenvalue weighted by atomic mass is 16.1. The molecule has 1 aliphatic carbocycles. The average molecular weight is 205 g/mol. The number of amides is 1. The maximum Gasteiger partial charge on any atom is 0.255 e. The fourth-order valence-corrected chi connectivity index (χ4v) is 1.50. The zero-order valence-corrected chi connectivity index (χ0v) is 8.57. The van der Waals surface area contributed by atoms with E-state index in [0.29, 0.717) is 11.4 Å². The standard InChI is InChI=1S/C11H15N3O/c12-10-9(2-1-6-13-10)11(15)14-7-5-8-3-4-8/h1-2,6,8H,3-5,7H2,(H2,12,13)(H,14,15). The molecule has 0 bridgehead atoms. The Bertz CT molecular complexity index is 361. The molecule has 0 unspecified atom stereocenters. The highest BCUT2D eigenvalue weighted by Crippen LogP contribution is 2.31. The molecule has 1 fully saturated rings. The van der Waals surface area contributed by atoms with Crippen molar-refractivity contribution in [1.82, 2.24) is 10.3 Å². The van der Waals surface area contributed by atoms with Crippen molar-refractivity contribution in [3.8, 4) is 0 Å². The minimum absolute atomic E-state index is 0.124. The molecular formula is C11H15N3O. The molecule has 1 saturated carbocycles. The summed E-state index contributed by atoms with van der Waals surface area (Å²) >= 11 is 0. The summed E-state index contributed by atoms with van der Waals surface area (Å²) in [5, 5.41) is 2.85. The Morgan fingerprint density at radius 2 is 2.40 bits per heavy atom. The van der Waals surface area contributed by atoms with E-state index in [2.05, 4.69) is 10.3 Å². The normalized spacial score (nSPS) is 14.9. The lowest BCUT2D eigenvalue weighted by atomic mass is 10.2. The summed E-state index contributed by atoms with van der Waals surface area (Å²) in [4.78, 5) is 15.5. The fraction of sp³-hybridized carbons (Fsp3) is 0.455. The van der Waals surface area contributed by atoms with E-state index in [1.807, 2.05) is 0 Å². The van der Waals surface area contributed by atoms with Crippen molar-refractivity contribution in [2.24, 2.45) is 5.92 Å². The van der Waals surface area contributed by atoms with Crippen LogP contribution < -0.4 is 11.1 Å². The van der Waals surface area contributed by atoms with Crippen LogP contribution >= 0.6 is 0 Å². The van der Waals surface area contributed by atoms with Crippen LogP contribution in [0.5, 0.6) is 0 Å². The minimum atomic E-state index is -0.124. The summed E-state index contributed by atoms with van der Waals surface area (Å²) in [5.41, 5.74) is 6.06. The van der Waals surface area contributed by atoms with Crippen LogP contribution in [0.25, 0.3) is 0 Å². The number of nitrogens with two attached hydrogens (primary N) is 1. The smallest absolute Gasteiger partial charge is 0.255 e. The van der Waals surface area contributed by atoms with E-state index in [1.54, 1.807) is 18.3 Å². The monoisotopic (exact) mass is 205 g/mol. The fourth-order valence-electron chi connectivity index (χ4n) is 1.50. The number of hydrogen-bond donors (Lipinski definition) is 2. The van der Waals surface area contributed by atoms with Gasteiger partial charge in [0.15, 0.2) is 0 Å². The van der Waals surface area contributed by atoms with Crippen molar-refractivity contribution >= 4 is 11.7 Å². The number of pyridine rings is 1. The van der Waals surface area contributed by atoms with Gasteiger partial charge in [-0.15, -0.1) is 0 Å². The molecular weight excluding hydrogens is 190 g/mol. The average Bonchev–Trinajstić information content (AvgIpc) is 3.02. The molecule has 0 aromatic carbocycles. The molecule has 80 valence electrons. The second-order valence-corrected chi connectivity index (χ2v) is 3.92. The molecule has 1 heterocycles. The Morgan fingerprint density at radius 3 is 3.07 bits per heavy atom. The lowest BCUT2D eigenvalue weighted by Gasteiger charge is -2.05. The van der Waals surface area contributed by atoms with Crippen molar-refractivity contribution in [2.45, 2.75) is 19.3 Å². The number of rotatable bonds is 4. The number of nitrogen functional groups attached to an aromatic ring is 1. The van der Waals surface area contributed by atoms with Crippen molar-refractivity contribution in [1.29, 1.82) is 0 Å². The molecule has 0 atom stereocenters. The first kappa shape index (κ1) is 9.96. The van der Waals surface area contributed by atoms with Gasteiger partial charge in [-0.2, -0.15) is 0 Å². The first-order valence-electron chi connectivity index (χ1n) is 5.26. The van der Waals surface area contributed by atoms with Gasteiger partial charge in [0, 0.05) is 12.7 Å². The Kier molecular flexibility index (Phi) is 2.85. The molecule has 4 nitrogen and oxygen atoms in total. The predicted octanol–water partition coefficient (Wildman–Crippen LogP) is 1.19. The summed E-state index contributed by atoms with van der Waals surface area (Å²) in [6.07, 6.45) is 5.28. The number of nitrogens with one attached hydrogen (secondary N) is 1. The Labute approximate surface area is 88.9 Å². The van der Waals surface area contributed by atoms with Gasteiger partial charge in [0.1, 0.15) is 5.82 Å². The summed E-state index contributed by atoms with van der Waals surface area (Å²) in [7, 11) is 0. The zero-order valence-electron chi connectivity index (χ0n) is 8.57. The Balaban J connectivity index is 1.86. The molecule has 4 heteroatoms. The second kappa shape index (κ2) is 4.29. The maximum atomic E-state index is 11.6. The lowest BCUT2D eigenvalue weighted by molar-refractivity contribution is 0.0953. The van der Waals surface area contributed by atoms with E-state index in [-0.39, 0.29) is 5.91 Å². The number of carbonyl (C=O) groups excluding carboxylic acids is 1. The first-order valence-corrected chi connectivity index (χ1v) is 5.26. The third-order valence-electron chi connectivity index (χ3n) is 2.62. The molecule has 15 heavy (non-hydrogen) atoms. The van der Waals surface area contributed by atoms with Crippen LogP contribution in [0, 0.1) is 5.92 Å². The van der Waals surface area contributed by atoms with Crippen LogP contribution in [0.4, 0.5) is 5.82 Å². The number of aromatic nitrogens is 1. The zero-order chi connectivity index (χ0) is 10.7. The summed E-state index contributed by atoms with van der Waals surface area (Å²) in [5.74, 6) is 0.999. The van der Waals surface area contributed by atoms with Gasteiger partial charge in [0.2, 0.25) is 0 Å². The predicted molar refractivity (Wildman–Crippen MR) is 58.3 cm³/mol. The first-order chi connectivity index (χ1) is 7.27. The van der Waals surface area contributed by atoms with Crippen LogP contribution in [0.3, 0.4) is 0 Å². The molecule has 0 spiro atoms. The van der Waals surface area contributed by atoms with Crippen molar-refractivity contribution in [2.75, 3.05) is 12.3 Å². The van der Waals surface area contributed by atoms with Crippen molar-refractivity contribution in [3.63, 3.8) is 0 Å². The van der Waals surface area contributed by atoms with Crippen LogP contribution in [0.2, 0.25) is 0 Å². The Morgan fingerprint density at radius 1 is 1.60 bits per heavy atom. The molecule has 1 aliphatic rings. The molecule has 1 aromatic rings. The van der Waals surface area contributed by atoms with Crippen molar-refractivity contribution in [3.05, 3.63) is 23.9 Å². The molecule has 1 amide bonds. The maximum absolute atomic E-state index is 11.6. The SMILES string of the molecule is Nc1ncccc1C(=O)NCCC1CC1. The summed E-state index contributed by atoms with van der Waals surface area (Å²) in [6, 6.07) is 3.40. The summed E-state index contributed by atoms with van der Waals surface area (Å²) < 4.78 is 0. The number of hydrogen-bond acceptors (Lipinski definition) is 3. The van der Waals surface area contributed by atoms with Gasteiger partial charge >= 0.3 is 0 Å². The van der Waals surface area contributed by atoms with Gasteiger partial charge in [-0.1, -0.05) is 12.8 Å². The van der Waals surface area contributed by atoms with Crippen LogP contribution in [-0.4, -0.2) is 17.4 Å². The lowest BCUT2D eigenvalue weighted by Crippen LogP contribution is -2.25. The molecule has 2 rings (SSSR count). The molecule has 0 radical (unpaired) electrons. The highest BCUT2D eigenvalue weighted by Gasteiger charge is 2.20. The minimum Gasteiger partial charge on any atom is -0.383 e. The second-order valence-electron chi connectivity index (χ2n) is 3.92. The van der Waals surface area contributed by atoms with Gasteiger partial charge in [0.05, 0.1) is 5.56 Å². The van der Waals surface area contributed by atoms with E-state index in [9.17, 15) is 4.79 Å². The van der Waals surface area contributed by atoms with Gasteiger partial charge in [0.25, 0.3) is 5.91 Å². The third kappa shape index (κ3) is 2.68. The van der Waals surface area contributed by atoms with Crippen LogP contribution in [0.15, 0.2) is 18.3 Å². The van der Waals surface area contributed by atoms with E-state index in [4.69, 9.17) is 5.73 Å². The van der Waals surface area contributed by atoms with Crippen LogP contribution in [0.1, 0.15) is 29.6 Å². The molecule has 1 aromatic heterocycles. The number of nitrogens with zero attached hydrogens (tertiary/aromatic N) is 1. The largest absolute Gasteiger partial charge is 0.383 e. The molecule has 3 N–H and O–H groups in total. The van der Waals surface area contributed by atoms with Crippen molar-refractivity contribution < 1.29 is 4.79 Å².